The number of nitrogens with one attached hydrogen (secondary N) is 2. The number of H-pyrrole nitrogens is 2. The normalized spacial score (nSPS) is 13.8. The Balaban J connectivity index is 2.24. The molecule has 0 aliphatic carbocycles. The lowest BCUT2D eigenvalue weighted by Crippen LogP contribution is -2.27. The van der Waals surface area contributed by atoms with Gasteiger partial charge >= 0.3 is 0 Å². The number of aromatic nitrogens is 4. The fraction of sp³-hybridized carbons (Fsp3) is 0.261. The van der Waals surface area contributed by atoms with Crippen molar-refractivity contribution in [2.24, 2.45) is 0 Å². The van der Waals surface area contributed by atoms with Gasteiger partial charge in [0, 0.05) is 23.7 Å². The van der Waals surface area contributed by atoms with Crippen LogP contribution >= 0.6 is 11.6 Å². The van der Waals surface area contributed by atoms with E-state index in [4.69, 9.17) is 16.3 Å². The van der Waals surface area contributed by atoms with Crippen LogP contribution in [0.2, 0.25) is 5.02 Å². The first-order valence-electron chi connectivity index (χ1n) is 9.77. The first kappa shape index (κ1) is 23.4. The van der Waals surface area contributed by atoms with Crippen LogP contribution in [0.3, 0.4) is 0 Å². The molecule has 0 amide bonds. The molecule has 0 fully saturated rings. The van der Waals surface area contributed by atoms with Crippen LogP contribution in [0.15, 0.2) is 59.7 Å². The third-order valence-corrected chi connectivity index (χ3v) is 5.49. The van der Waals surface area contributed by atoms with E-state index >= 15 is 0 Å². The average Bonchev–Trinajstić information content (AvgIpc) is 3.24. The highest BCUT2D eigenvalue weighted by atomic mass is 35.5. The minimum absolute atomic E-state index is 0.0279. The lowest BCUT2D eigenvalue weighted by Gasteiger charge is -2.28. The summed E-state index contributed by atoms with van der Waals surface area (Å²) < 4.78 is 33.7. The molecule has 1 atom stereocenters. The van der Waals surface area contributed by atoms with Crippen LogP contribution < -0.4 is 10.3 Å². The summed E-state index contributed by atoms with van der Waals surface area (Å²) in [7, 11) is 0. The van der Waals surface area contributed by atoms with Gasteiger partial charge < -0.3 is 9.72 Å². The molecule has 2 heterocycles. The van der Waals surface area contributed by atoms with E-state index in [0.29, 0.717) is 11.1 Å². The fourth-order valence-electron chi connectivity index (χ4n) is 3.20. The third kappa shape index (κ3) is 4.50. The van der Waals surface area contributed by atoms with Crippen molar-refractivity contribution in [3.05, 3.63) is 81.5 Å². The SMILES string of the molecule is C=C(C)C(C)(C=CC)c1nc(-c2cn[nH]c2)[nH]c(=O)c1Oc1ccc(Cl)c(C(C)(F)F)c1. The smallest absolute Gasteiger partial charge is 0.294 e. The Bertz CT molecular complexity index is 1230. The van der Waals surface area contributed by atoms with Gasteiger partial charge in [0.25, 0.3) is 11.5 Å². The maximum atomic E-state index is 13.9. The molecule has 1 unspecified atom stereocenters. The average molecular weight is 461 g/mol. The van der Waals surface area contributed by atoms with Crippen molar-refractivity contribution in [1.29, 1.82) is 0 Å². The van der Waals surface area contributed by atoms with Crippen LogP contribution in [0.5, 0.6) is 11.5 Å². The van der Waals surface area contributed by atoms with Crippen LogP contribution in [0, 0.1) is 0 Å². The molecule has 32 heavy (non-hydrogen) atoms. The standard InChI is InChI=1S/C23H23ClF2N4O2/c1-6-9-22(4,13(2)3)19-18(21(31)30-20(29-19)14-11-27-28-12-14)32-15-7-8-17(24)16(10-15)23(5,25)26/h6-12H,2H2,1,3-5H3,(H,27,28)(H,29,30,31). The molecule has 0 spiro atoms. The van der Waals surface area contributed by atoms with Crippen molar-refractivity contribution in [2.45, 2.75) is 39.0 Å². The third-order valence-electron chi connectivity index (χ3n) is 5.16. The van der Waals surface area contributed by atoms with Crippen LogP contribution in [0.1, 0.15) is 39.0 Å². The van der Waals surface area contributed by atoms with E-state index in [1.54, 1.807) is 6.20 Å². The highest BCUT2D eigenvalue weighted by Gasteiger charge is 2.33. The highest BCUT2D eigenvalue weighted by Crippen LogP contribution is 2.40. The molecule has 0 saturated carbocycles. The minimum Gasteiger partial charge on any atom is -0.450 e. The van der Waals surface area contributed by atoms with Gasteiger partial charge in [0.2, 0.25) is 5.75 Å². The van der Waals surface area contributed by atoms with Gasteiger partial charge in [0.15, 0.2) is 0 Å². The van der Waals surface area contributed by atoms with Crippen LogP contribution in [0.4, 0.5) is 8.78 Å². The molecular formula is C23H23ClF2N4O2. The fourth-order valence-corrected chi connectivity index (χ4v) is 3.49. The molecule has 0 aliphatic rings. The number of rotatable bonds is 7. The topological polar surface area (TPSA) is 83.7 Å². The van der Waals surface area contributed by atoms with E-state index in [2.05, 4.69) is 26.7 Å². The number of alkyl halides is 2. The molecule has 0 aliphatic heterocycles. The summed E-state index contributed by atoms with van der Waals surface area (Å²) in [6, 6.07) is 3.83. The number of benzene rings is 1. The van der Waals surface area contributed by atoms with E-state index in [1.165, 1.54) is 18.3 Å². The zero-order valence-electron chi connectivity index (χ0n) is 18.1. The van der Waals surface area contributed by atoms with Gasteiger partial charge in [-0.25, -0.2) is 13.8 Å². The Labute approximate surface area is 189 Å². The zero-order valence-corrected chi connectivity index (χ0v) is 18.8. The number of ether oxygens (including phenoxy) is 1. The summed E-state index contributed by atoms with van der Waals surface area (Å²) in [5.74, 6) is -3.01. The molecule has 6 nitrogen and oxygen atoms in total. The lowest BCUT2D eigenvalue weighted by atomic mass is 9.79. The van der Waals surface area contributed by atoms with Crippen molar-refractivity contribution in [1.82, 2.24) is 20.2 Å². The Morgan fingerprint density at radius 3 is 2.59 bits per heavy atom. The Morgan fingerprint density at radius 2 is 2.03 bits per heavy atom. The summed E-state index contributed by atoms with van der Waals surface area (Å²) >= 11 is 5.93. The minimum atomic E-state index is -3.19. The number of hydrogen-bond acceptors (Lipinski definition) is 4. The molecule has 2 aromatic heterocycles. The monoisotopic (exact) mass is 460 g/mol. The largest absolute Gasteiger partial charge is 0.450 e. The van der Waals surface area contributed by atoms with E-state index in [0.717, 1.165) is 13.0 Å². The van der Waals surface area contributed by atoms with E-state index < -0.39 is 22.5 Å². The second-order valence-electron chi connectivity index (χ2n) is 7.69. The second kappa shape index (κ2) is 8.70. The maximum Gasteiger partial charge on any atom is 0.294 e. The summed E-state index contributed by atoms with van der Waals surface area (Å²) in [4.78, 5) is 20.4. The summed E-state index contributed by atoms with van der Waals surface area (Å²) in [5.41, 5.74) is -0.312. The number of hydrogen-bond donors (Lipinski definition) is 2. The van der Waals surface area contributed by atoms with Gasteiger partial charge in [0.05, 0.1) is 17.2 Å². The summed E-state index contributed by atoms with van der Waals surface area (Å²) in [6.07, 6.45) is 6.77. The van der Waals surface area contributed by atoms with Crippen molar-refractivity contribution in [3.8, 4) is 22.9 Å². The molecule has 0 radical (unpaired) electrons. The number of halogens is 3. The predicted octanol–water partition coefficient (Wildman–Crippen LogP) is 6.13. The molecule has 9 heteroatoms. The molecule has 0 bridgehead atoms. The number of aromatic amines is 2. The molecule has 3 aromatic rings. The van der Waals surface area contributed by atoms with E-state index in [9.17, 15) is 13.6 Å². The Kier molecular flexibility index (Phi) is 6.37. The van der Waals surface area contributed by atoms with Crippen molar-refractivity contribution >= 4 is 11.6 Å². The van der Waals surface area contributed by atoms with Gasteiger partial charge in [0.1, 0.15) is 17.3 Å². The van der Waals surface area contributed by atoms with Gasteiger partial charge in [-0.05, 0) is 39.0 Å². The van der Waals surface area contributed by atoms with E-state index in [-0.39, 0.29) is 28.0 Å². The molecule has 2 N–H and O–H groups in total. The van der Waals surface area contributed by atoms with Crippen molar-refractivity contribution in [3.63, 3.8) is 0 Å². The van der Waals surface area contributed by atoms with Crippen LogP contribution in [-0.2, 0) is 11.3 Å². The second-order valence-corrected chi connectivity index (χ2v) is 8.10. The number of nitrogens with zero attached hydrogens (tertiary/aromatic N) is 2. The van der Waals surface area contributed by atoms with Gasteiger partial charge in [-0.3, -0.25) is 9.89 Å². The quantitative estimate of drug-likeness (QED) is 0.415. The van der Waals surface area contributed by atoms with Crippen LogP contribution in [0.25, 0.3) is 11.4 Å². The number of allylic oxidation sites excluding steroid dienone is 3. The molecular weight excluding hydrogens is 438 g/mol. The summed E-state index contributed by atoms with van der Waals surface area (Å²) in [6.45, 7) is 10.3. The van der Waals surface area contributed by atoms with Gasteiger partial charge in [-0.2, -0.15) is 5.10 Å². The highest BCUT2D eigenvalue weighted by molar-refractivity contribution is 6.31. The molecule has 168 valence electrons. The first-order valence-corrected chi connectivity index (χ1v) is 10.1. The van der Waals surface area contributed by atoms with Crippen molar-refractivity contribution < 1.29 is 13.5 Å². The van der Waals surface area contributed by atoms with Gasteiger partial charge in [-0.15, -0.1) is 0 Å². The predicted molar refractivity (Wildman–Crippen MR) is 121 cm³/mol. The maximum absolute atomic E-state index is 13.9. The van der Waals surface area contributed by atoms with Gasteiger partial charge in [-0.1, -0.05) is 35.9 Å². The Morgan fingerprint density at radius 1 is 1.31 bits per heavy atom. The Hall–Kier alpha value is -3.26. The summed E-state index contributed by atoms with van der Waals surface area (Å²) in [5, 5.41) is 6.46. The van der Waals surface area contributed by atoms with Crippen molar-refractivity contribution in [2.75, 3.05) is 0 Å². The molecule has 1 aromatic carbocycles. The zero-order chi connectivity index (χ0) is 23.7. The molecule has 0 saturated heterocycles. The first-order chi connectivity index (χ1) is 15.0. The lowest BCUT2D eigenvalue weighted by molar-refractivity contribution is 0.0174. The van der Waals surface area contributed by atoms with E-state index in [1.807, 2.05) is 32.9 Å². The molecule has 3 rings (SSSR count). The van der Waals surface area contributed by atoms with Crippen LogP contribution in [-0.4, -0.2) is 20.2 Å².